The lowest BCUT2D eigenvalue weighted by Crippen LogP contribution is -2.44. The lowest BCUT2D eigenvalue weighted by Gasteiger charge is -2.27. The van der Waals surface area contributed by atoms with Crippen molar-refractivity contribution in [1.29, 1.82) is 0 Å². The number of aromatic nitrogens is 2. The predicted molar refractivity (Wildman–Crippen MR) is 83.5 cm³/mol. The molecule has 0 saturated heterocycles. The third kappa shape index (κ3) is 3.47. The van der Waals surface area contributed by atoms with Gasteiger partial charge in [-0.2, -0.15) is 5.10 Å². The van der Waals surface area contributed by atoms with Crippen molar-refractivity contribution in [3.8, 4) is 0 Å². The van der Waals surface area contributed by atoms with E-state index in [1.807, 2.05) is 46.8 Å². The molecule has 21 heavy (non-hydrogen) atoms. The molecular weight excluding hydrogens is 290 g/mol. The summed E-state index contributed by atoms with van der Waals surface area (Å²) < 4.78 is 5.29. The van der Waals surface area contributed by atoms with E-state index in [9.17, 15) is 4.79 Å². The Hall–Kier alpha value is -1.75. The summed E-state index contributed by atoms with van der Waals surface area (Å²) in [6.45, 7) is 9.21. The van der Waals surface area contributed by atoms with Gasteiger partial charge in [0.15, 0.2) is 0 Å². The number of aromatic amines is 1. The SMILES string of the molecule is CC(C)(C)OC(=O)NC(C)(C)c1n[nH]c2c(Cl)cccc12. The lowest BCUT2D eigenvalue weighted by atomic mass is 9.97. The summed E-state index contributed by atoms with van der Waals surface area (Å²) in [5, 5.41) is 11.5. The lowest BCUT2D eigenvalue weighted by molar-refractivity contribution is 0.0469. The van der Waals surface area contributed by atoms with Crippen molar-refractivity contribution in [2.75, 3.05) is 0 Å². The van der Waals surface area contributed by atoms with Gasteiger partial charge in [0.05, 0.1) is 21.8 Å². The Kier molecular flexibility index (Phi) is 3.89. The number of rotatable bonds is 2. The topological polar surface area (TPSA) is 67.0 Å². The molecule has 2 N–H and O–H groups in total. The van der Waals surface area contributed by atoms with Gasteiger partial charge in [-0.3, -0.25) is 5.10 Å². The molecule has 0 saturated carbocycles. The fraction of sp³-hybridized carbons (Fsp3) is 0.467. The van der Waals surface area contributed by atoms with Crippen molar-refractivity contribution < 1.29 is 9.53 Å². The number of hydrogen-bond acceptors (Lipinski definition) is 3. The summed E-state index contributed by atoms with van der Waals surface area (Å²) in [6, 6.07) is 5.56. The van der Waals surface area contributed by atoms with Crippen molar-refractivity contribution >= 4 is 28.6 Å². The number of carbonyl (C=O) groups is 1. The first kappa shape index (κ1) is 15.6. The molecule has 1 heterocycles. The first-order chi connectivity index (χ1) is 9.60. The van der Waals surface area contributed by atoms with Gasteiger partial charge in [-0.1, -0.05) is 23.7 Å². The highest BCUT2D eigenvalue weighted by atomic mass is 35.5. The summed E-state index contributed by atoms with van der Waals surface area (Å²) in [5.41, 5.74) is 0.238. The molecule has 0 fully saturated rings. The number of alkyl carbamates (subject to hydrolysis) is 1. The Bertz CT molecular complexity index is 671. The molecule has 1 amide bonds. The van der Waals surface area contributed by atoms with Crippen molar-refractivity contribution in [1.82, 2.24) is 15.5 Å². The molecule has 0 aliphatic carbocycles. The fourth-order valence-electron chi connectivity index (χ4n) is 2.10. The second kappa shape index (κ2) is 5.22. The van der Waals surface area contributed by atoms with E-state index in [1.165, 1.54) is 0 Å². The number of nitrogens with zero attached hydrogens (tertiary/aromatic N) is 1. The summed E-state index contributed by atoms with van der Waals surface area (Å²) >= 11 is 6.13. The smallest absolute Gasteiger partial charge is 0.408 e. The van der Waals surface area contributed by atoms with E-state index in [1.54, 1.807) is 6.07 Å². The maximum atomic E-state index is 12.0. The normalized spacial score (nSPS) is 12.5. The zero-order valence-corrected chi connectivity index (χ0v) is 13.6. The summed E-state index contributed by atoms with van der Waals surface area (Å²) in [5.74, 6) is 0. The van der Waals surface area contributed by atoms with Gasteiger partial charge in [0, 0.05) is 5.39 Å². The molecular formula is C15H20ClN3O2. The van der Waals surface area contributed by atoms with Crippen LogP contribution in [0, 0.1) is 0 Å². The Balaban J connectivity index is 2.30. The van der Waals surface area contributed by atoms with Crippen LogP contribution in [0.3, 0.4) is 0 Å². The minimum atomic E-state index is -0.689. The maximum absolute atomic E-state index is 12.0. The van der Waals surface area contributed by atoms with Crippen LogP contribution in [0.1, 0.15) is 40.3 Å². The Morgan fingerprint density at radius 3 is 2.57 bits per heavy atom. The Labute approximate surface area is 129 Å². The van der Waals surface area contributed by atoms with E-state index < -0.39 is 17.2 Å². The molecule has 1 aromatic carbocycles. The monoisotopic (exact) mass is 309 g/mol. The molecule has 1 aromatic heterocycles. The molecule has 114 valence electrons. The molecule has 2 aromatic rings. The number of nitrogens with one attached hydrogen (secondary N) is 2. The van der Waals surface area contributed by atoms with E-state index in [-0.39, 0.29) is 0 Å². The van der Waals surface area contributed by atoms with Gasteiger partial charge >= 0.3 is 6.09 Å². The number of halogens is 1. The van der Waals surface area contributed by atoms with Crippen LogP contribution in [0.4, 0.5) is 4.79 Å². The second-order valence-corrected chi connectivity index (χ2v) is 6.89. The second-order valence-electron chi connectivity index (χ2n) is 6.49. The molecule has 0 bridgehead atoms. The minimum absolute atomic E-state index is 0.481. The Morgan fingerprint density at radius 1 is 1.29 bits per heavy atom. The maximum Gasteiger partial charge on any atom is 0.408 e. The van der Waals surface area contributed by atoms with Gasteiger partial charge in [0.1, 0.15) is 5.60 Å². The van der Waals surface area contributed by atoms with Gasteiger partial charge in [-0.15, -0.1) is 0 Å². The van der Waals surface area contributed by atoms with Crippen LogP contribution in [-0.2, 0) is 10.3 Å². The standard InChI is InChI=1S/C15H20ClN3O2/c1-14(2,3)21-13(20)17-15(4,5)12-9-7-6-8-10(16)11(9)18-19-12/h6-8H,1-5H3,(H,17,20)(H,18,19). The highest BCUT2D eigenvalue weighted by molar-refractivity contribution is 6.35. The van der Waals surface area contributed by atoms with Crippen molar-refractivity contribution in [2.24, 2.45) is 0 Å². The molecule has 2 rings (SSSR count). The van der Waals surface area contributed by atoms with Gasteiger partial charge in [0.25, 0.3) is 0 Å². The van der Waals surface area contributed by atoms with E-state index in [0.717, 1.165) is 10.9 Å². The Morgan fingerprint density at radius 2 is 1.95 bits per heavy atom. The van der Waals surface area contributed by atoms with Gasteiger partial charge in [-0.05, 0) is 40.7 Å². The average Bonchev–Trinajstić information content (AvgIpc) is 2.71. The third-order valence-corrected chi connectivity index (χ3v) is 3.27. The summed E-state index contributed by atoms with van der Waals surface area (Å²) in [6.07, 6.45) is -0.481. The number of fused-ring (bicyclic) bond motifs is 1. The molecule has 0 aliphatic rings. The van der Waals surface area contributed by atoms with Crippen LogP contribution in [0.5, 0.6) is 0 Å². The first-order valence-electron chi connectivity index (χ1n) is 6.74. The van der Waals surface area contributed by atoms with Gasteiger partial charge in [0.2, 0.25) is 0 Å². The van der Waals surface area contributed by atoms with Crippen LogP contribution in [0.15, 0.2) is 18.2 Å². The zero-order chi connectivity index (χ0) is 15.8. The van der Waals surface area contributed by atoms with Crippen molar-refractivity contribution in [2.45, 2.75) is 45.8 Å². The van der Waals surface area contributed by atoms with E-state index in [4.69, 9.17) is 16.3 Å². The van der Waals surface area contributed by atoms with Crippen molar-refractivity contribution in [3.05, 3.63) is 28.9 Å². The van der Waals surface area contributed by atoms with Crippen LogP contribution < -0.4 is 5.32 Å². The molecule has 5 nitrogen and oxygen atoms in total. The van der Waals surface area contributed by atoms with E-state index in [2.05, 4.69) is 15.5 Å². The summed E-state index contributed by atoms with van der Waals surface area (Å²) in [7, 11) is 0. The molecule has 6 heteroatoms. The van der Waals surface area contributed by atoms with Crippen LogP contribution >= 0.6 is 11.6 Å². The molecule has 0 atom stereocenters. The van der Waals surface area contributed by atoms with Crippen LogP contribution in [0.2, 0.25) is 5.02 Å². The average molecular weight is 310 g/mol. The van der Waals surface area contributed by atoms with Crippen LogP contribution in [-0.4, -0.2) is 21.9 Å². The van der Waals surface area contributed by atoms with E-state index >= 15 is 0 Å². The molecule has 0 aliphatic heterocycles. The minimum Gasteiger partial charge on any atom is -0.444 e. The highest BCUT2D eigenvalue weighted by Crippen LogP contribution is 2.30. The van der Waals surface area contributed by atoms with E-state index in [0.29, 0.717) is 10.7 Å². The molecule has 0 unspecified atom stereocenters. The number of benzene rings is 1. The number of ether oxygens (including phenoxy) is 1. The number of hydrogen-bond donors (Lipinski definition) is 2. The quantitative estimate of drug-likeness (QED) is 0.882. The van der Waals surface area contributed by atoms with Gasteiger partial charge in [-0.25, -0.2) is 4.79 Å². The highest BCUT2D eigenvalue weighted by Gasteiger charge is 2.30. The third-order valence-electron chi connectivity index (χ3n) is 2.95. The van der Waals surface area contributed by atoms with Gasteiger partial charge < -0.3 is 10.1 Å². The van der Waals surface area contributed by atoms with Crippen LogP contribution in [0.25, 0.3) is 10.9 Å². The zero-order valence-electron chi connectivity index (χ0n) is 12.9. The number of carbonyl (C=O) groups excluding carboxylic acids is 1. The van der Waals surface area contributed by atoms with Crippen molar-refractivity contribution in [3.63, 3.8) is 0 Å². The fourth-order valence-corrected chi connectivity index (χ4v) is 2.32. The molecule has 0 spiro atoms. The molecule has 0 radical (unpaired) electrons. The number of H-pyrrole nitrogens is 1. The first-order valence-corrected chi connectivity index (χ1v) is 7.12. The largest absolute Gasteiger partial charge is 0.444 e. The number of amides is 1. The number of para-hydroxylation sites is 1. The predicted octanol–water partition coefficient (Wildman–Crippen LogP) is 3.98. The summed E-state index contributed by atoms with van der Waals surface area (Å²) in [4.78, 5) is 12.0.